The Morgan fingerprint density at radius 1 is 0.533 bits per heavy atom. The second-order valence-corrected chi connectivity index (χ2v) is 8.55. The third-order valence-electron chi connectivity index (χ3n) is 5.75. The molecule has 2 aliphatic heterocycles. The first kappa shape index (κ1) is 25.6. The molecule has 0 aliphatic carbocycles. The highest BCUT2D eigenvalue weighted by atomic mass is 16.7. The van der Waals surface area contributed by atoms with Gasteiger partial charge in [0.1, 0.15) is 0 Å². The van der Waals surface area contributed by atoms with Crippen LogP contribution in [0.5, 0.6) is 0 Å². The van der Waals surface area contributed by atoms with Gasteiger partial charge in [-0.05, 0) is 89.9 Å². The van der Waals surface area contributed by atoms with Gasteiger partial charge >= 0.3 is 0 Å². The van der Waals surface area contributed by atoms with Crippen molar-refractivity contribution in [1.82, 2.24) is 0 Å². The summed E-state index contributed by atoms with van der Waals surface area (Å²) >= 11 is 0. The van der Waals surface area contributed by atoms with Crippen LogP contribution in [0, 0.1) is 0 Å². The molecule has 0 aromatic heterocycles. The lowest BCUT2D eigenvalue weighted by Crippen LogP contribution is -2.22. The topological polar surface area (TPSA) is 36.9 Å². The molecular weight excluding hydrogens is 376 g/mol. The molecule has 0 aromatic rings. The SMILES string of the molecule is C(=C/CCCCCOC1CCCCO1)/CC/C=C\CCCCCOC1CCCCO1. The molecule has 0 saturated carbocycles. The highest BCUT2D eigenvalue weighted by molar-refractivity contribution is 4.88. The molecule has 0 N–H and O–H groups in total. The van der Waals surface area contributed by atoms with E-state index in [0.717, 1.165) is 65.0 Å². The van der Waals surface area contributed by atoms with Gasteiger partial charge in [-0.1, -0.05) is 37.1 Å². The number of hydrogen-bond donors (Lipinski definition) is 0. The van der Waals surface area contributed by atoms with Crippen molar-refractivity contribution in [3.63, 3.8) is 0 Å². The molecule has 2 saturated heterocycles. The lowest BCUT2D eigenvalue weighted by molar-refractivity contribution is -0.163. The molecule has 4 nitrogen and oxygen atoms in total. The van der Waals surface area contributed by atoms with Crippen LogP contribution in [-0.4, -0.2) is 39.0 Å². The summed E-state index contributed by atoms with van der Waals surface area (Å²) in [6, 6.07) is 0. The Hall–Kier alpha value is -0.680. The Morgan fingerprint density at radius 3 is 1.43 bits per heavy atom. The van der Waals surface area contributed by atoms with Crippen molar-refractivity contribution in [1.29, 1.82) is 0 Å². The van der Waals surface area contributed by atoms with Gasteiger partial charge in [-0.15, -0.1) is 0 Å². The van der Waals surface area contributed by atoms with Crippen LogP contribution in [0.25, 0.3) is 0 Å². The van der Waals surface area contributed by atoms with Gasteiger partial charge in [0.2, 0.25) is 0 Å². The fraction of sp³-hybridized carbons (Fsp3) is 0.846. The van der Waals surface area contributed by atoms with E-state index >= 15 is 0 Å². The van der Waals surface area contributed by atoms with E-state index in [1.54, 1.807) is 0 Å². The number of hydrogen-bond acceptors (Lipinski definition) is 4. The Morgan fingerprint density at radius 2 is 1.00 bits per heavy atom. The molecule has 0 radical (unpaired) electrons. The third-order valence-corrected chi connectivity index (χ3v) is 5.75. The Kier molecular flexibility index (Phi) is 16.2. The first-order valence-electron chi connectivity index (χ1n) is 12.7. The minimum atomic E-state index is 0.0714. The summed E-state index contributed by atoms with van der Waals surface area (Å²) in [6.45, 7) is 3.44. The maximum atomic E-state index is 5.77. The van der Waals surface area contributed by atoms with Crippen molar-refractivity contribution in [3.05, 3.63) is 24.3 Å². The molecule has 2 heterocycles. The Labute approximate surface area is 185 Å². The summed E-state index contributed by atoms with van der Waals surface area (Å²) < 4.78 is 22.7. The maximum absolute atomic E-state index is 5.77. The van der Waals surface area contributed by atoms with Gasteiger partial charge in [0.15, 0.2) is 12.6 Å². The van der Waals surface area contributed by atoms with Crippen LogP contribution in [-0.2, 0) is 18.9 Å². The van der Waals surface area contributed by atoms with Gasteiger partial charge in [0.05, 0.1) is 0 Å². The molecule has 174 valence electrons. The van der Waals surface area contributed by atoms with Crippen molar-refractivity contribution in [2.45, 2.75) is 115 Å². The molecular formula is C26H46O4. The maximum Gasteiger partial charge on any atom is 0.157 e. The van der Waals surface area contributed by atoms with Gasteiger partial charge in [0.25, 0.3) is 0 Å². The molecule has 0 amide bonds. The second-order valence-electron chi connectivity index (χ2n) is 8.55. The summed E-state index contributed by atoms with van der Waals surface area (Å²) in [5.74, 6) is 0. The van der Waals surface area contributed by atoms with E-state index in [2.05, 4.69) is 24.3 Å². The second kappa shape index (κ2) is 19.0. The molecule has 0 bridgehead atoms. The average molecular weight is 423 g/mol. The van der Waals surface area contributed by atoms with Crippen molar-refractivity contribution in [2.75, 3.05) is 26.4 Å². The van der Waals surface area contributed by atoms with Gasteiger partial charge in [0, 0.05) is 26.4 Å². The summed E-state index contributed by atoms with van der Waals surface area (Å²) in [4.78, 5) is 0. The van der Waals surface area contributed by atoms with E-state index < -0.39 is 0 Å². The number of rotatable bonds is 17. The summed E-state index contributed by atoms with van der Waals surface area (Å²) in [7, 11) is 0. The number of ether oxygens (including phenoxy) is 4. The number of allylic oxidation sites excluding steroid dienone is 4. The smallest absolute Gasteiger partial charge is 0.157 e. The lowest BCUT2D eigenvalue weighted by Gasteiger charge is -2.22. The fourth-order valence-corrected chi connectivity index (χ4v) is 3.86. The summed E-state index contributed by atoms with van der Waals surface area (Å²) in [5.41, 5.74) is 0. The van der Waals surface area contributed by atoms with E-state index in [0.29, 0.717) is 0 Å². The zero-order chi connectivity index (χ0) is 21.0. The molecule has 2 rings (SSSR count). The molecule has 2 unspecified atom stereocenters. The predicted octanol–water partition coefficient (Wildman–Crippen LogP) is 7.09. The minimum absolute atomic E-state index is 0.0714. The van der Waals surface area contributed by atoms with Crippen LogP contribution in [0.15, 0.2) is 24.3 Å². The Bertz CT molecular complexity index is 383. The highest BCUT2D eigenvalue weighted by Crippen LogP contribution is 2.15. The largest absolute Gasteiger partial charge is 0.353 e. The average Bonchev–Trinajstić information content (AvgIpc) is 2.79. The molecule has 2 aliphatic rings. The van der Waals surface area contributed by atoms with E-state index in [1.165, 1.54) is 64.2 Å². The molecule has 0 aromatic carbocycles. The van der Waals surface area contributed by atoms with Crippen LogP contribution in [0.1, 0.15) is 103 Å². The van der Waals surface area contributed by atoms with Gasteiger partial charge in [-0.3, -0.25) is 0 Å². The highest BCUT2D eigenvalue weighted by Gasteiger charge is 2.13. The molecule has 4 heteroatoms. The zero-order valence-electron chi connectivity index (χ0n) is 19.2. The van der Waals surface area contributed by atoms with Crippen LogP contribution in [0.3, 0.4) is 0 Å². The fourth-order valence-electron chi connectivity index (χ4n) is 3.86. The molecule has 2 atom stereocenters. The van der Waals surface area contributed by atoms with E-state index in [4.69, 9.17) is 18.9 Å². The van der Waals surface area contributed by atoms with Crippen LogP contribution in [0.2, 0.25) is 0 Å². The van der Waals surface area contributed by atoms with Gasteiger partial charge < -0.3 is 18.9 Å². The third kappa shape index (κ3) is 14.3. The Balaban J connectivity index is 1.25. The van der Waals surface area contributed by atoms with Crippen LogP contribution < -0.4 is 0 Å². The van der Waals surface area contributed by atoms with Crippen molar-refractivity contribution in [2.24, 2.45) is 0 Å². The van der Waals surface area contributed by atoms with Crippen LogP contribution >= 0.6 is 0 Å². The summed E-state index contributed by atoms with van der Waals surface area (Å²) in [5, 5.41) is 0. The van der Waals surface area contributed by atoms with Gasteiger partial charge in [-0.2, -0.15) is 0 Å². The monoisotopic (exact) mass is 422 g/mol. The van der Waals surface area contributed by atoms with E-state index in [1.807, 2.05) is 0 Å². The van der Waals surface area contributed by atoms with Crippen LogP contribution in [0.4, 0.5) is 0 Å². The standard InChI is InChI=1S/C26H46O4/c1(3-5-7-9-11-15-21-27-25-19-13-17-23-29-25)2-4-6-8-10-12-16-22-28-26-20-14-18-24-30-26/h3-6,25-26H,1-2,7-24H2/b5-3-,6-4-. The lowest BCUT2D eigenvalue weighted by atomic mass is 10.1. The first-order chi connectivity index (χ1) is 14.9. The normalized spacial score (nSPS) is 22.9. The zero-order valence-corrected chi connectivity index (χ0v) is 19.2. The predicted molar refractivity (Wildman–Crippen MR) is 124 cm³/mol. The number of unbranched alkanes of at least 4 members (excludes halogenated alkanes) is 7. The quantitative estimate of drug-likeness (QED) is 0.185. The molecule has 2 fully saturated rings. The minimum Gasteiger partial charge on any atom is -0.353 e. The van der Waals surface area contributed by atoms with Gasteiger partial charge in [-0.25, -0.2) is 0 Å². The van der Waals surface area contributed by atoms with E-state index in [9.17, 15) is 0 Å². The van der Waals surface area contributed by atoms with Crippen molar-refractivity contribution >= 4 is 0 Å². The van der Waals surface area contributed by atoms with Crippen molar-refractivity contribution < 1.29 is 18.9 Å². The van der Waals surface area contributed by atoms with Crippen molar-refractivity contribution in [3.8, 4) is 0 Å². The summed E-state index contributed by atoms with van der Waals surface area (Å²) in [6.07, 6.45) is 28.5. The first-order valence-corrected chi connectivity index (χ1v) is 12.7. The molecule has 30 heavy (non-hydrogen) atoms. The van der Waals surface area contributed by atoms with E-state index in [-0.39, 0.29) is 12.6 Å². The molecule has 0 spiro atoms.